The lowest BCUT2D eigenvalue weighted by Gasteiger charge is -2.19. The van der Waals surface area contributed by atoms with Crippen LogP contribution >= 0.6 is 0 Å². The minimum atomic E-state index is 0.489. The number of rotatable bonds is 8. The van der Waals surface area contributed by atoms with Gasteiger partial charge in [0.15, 0.2) is 0 Å². The summed E-state index contributed by atoms with van der Waals surface area (Å²) < 4.78 is 5.41. The summed E-state index contributed by atoms with van der Waals surface area (Å²) in [5.74, 6) is 0.774. The monoisotopic (exact) mass is 188 g/mol. The van der Waals surface area contributed by atoms with Crippen molar-refractivity contribution in [2.75, 3.05) is 27.4 Å². The van der Waals surface area contributed by atoms with Gasteiger partial charge in [-0.05, 0) is 26.4 Å². The minimum absolute atomic E-state index is 0.489. The Morgan fingerprint density at radius 2 is 2.00 bits per heavy atom. The van der Waals surface area contributed by atoms with Crippen LogP contribution in [0.3, 0.4) is 0 Å². The zero-order valence-electron chi connectivity index (χ0n) is 9.39. The average molecular weight is 188 g/mol. The van der Waals surface area contributed by atoms with Gasteiger partial charge in [-0.15, -0.1) is 0 Å². The minimum Gasteiger partial charge on any atom is -0.365 e. The van der Waals surface area contributed by atoms with Crippen LogP contribution in [0.1, 0.15) is 26.7 Å². The Kier molecular flexibility index (Phi) is 8.40. The van der Waals surface area contributed by atoms with Crippen molar-refractivity contribution in [2.24, 2.45) is 5.92 Å². The first-order valence-corrected chi connectivity index (χ1v) is 5.14. The molecule has 0 saturated carbocycles. The molecular formula is C10H24N2O. The highest BCUT2D eigenvalue weighted by Gasteiger charge is 2.09. The molecule has 0 aromatic carbocycles. The van der Waals surface area contributed by atoms with Crippen molar-refractivity contribution in [3.63, 3.8) is 0 Å². The Morgan fingerprint density at radius 3 is 2.46 bits per heavy atom. The zero-order valence-corrected chi connectivity index (χ0v) is 9.39. The van der Waals surface area contributed by atoms with E-state index in [-0.39, 0.29) is 0 Å². The van der Waals surface area contributed by atoms with E-state index < -0.39 is 0 Å². The van der Waals surface area contributed by atoms with E-state index >= 15 is 0 Å². The molecule has 80 valence electrons. The largest absolute Gasteiger partial charge is 0.365 e. The zero-order chi connectivity index (χ0) is 10.1. The summed E-state index contributed by atoms with van der Waals surface area (Å²) in [4.78, 5) is 0. The molecule has 2 atom stereocenters. The Morgan fingerprint density at radius 1 is 1.31 bits per heavy atom. The van der Waals surface area contributed by atoms with Gasteiger partial charge in [-0.1, -0.05) is 20.3 Å². The molecule has 0 fully saturated rings. The smallest absolute Gasteiger partial charge is 0.0963 e. The van der Waals surface area contributed by atoms with E-state index in [1.165, 1.54) is 12.8 Å². The van der Waals surface area contributed by atoms with Crippen molar-refractivity contribution in [1.82, 2.24) is 10.6 Å². The van der Waals surface area contributed by atoms with Gasteiger partial charge in [-0.25, -0.2) is 0 Å². The van der Waals surface area contributed by atoms with Crippen LogP contribution in [0.2, 0.25) is 0 Å². The maximum atomic E-state index is 5.41. The van der Waals surface area contributed by atoms with Gasteiger partial charge in [0, 0.05) is 6.04 Å². The van der Waals surface area contributed by atoms with E-state index in [2.05, 4.69) is 24.5 Å². The number of hydrogen-bond acceptors (Lipinski definition) is 3. The molecule has 0 saturated heterocycles. The lowest BCUT2D eigenvalue weighted by atomic mass is 10.00. The lowest BCUT2D eigenvalue weighted by molar-refractivity contribution is 0.0959. The molecule has 0 rings (SSSR count). The SMILES string of the molecule is CCC(C)CC(COCNC)NC. The van der Waals surface area contributed by atoms with Crippen LogP contribution in [0, 0.1) is 5.92 Å². The molecule has 0 aromatic rings. The van der Waals surface area contributed by atoms with E-state index in [4.69, 9.17) is 4.74 Å². The van der Waals surface area contributed by atoms with Crippen LogP contribution in [0.4, 0.5) is 0 Å². The third-order valence-corrected chi connectivity index (χ3v) is 2.36. The summed E-state index contributed by atoms with van der Waals surface area (Å²) in [5, 5.41) is 6.24. The number of ether oxygens (including phenoxy) is 1. The standard InChI is InChI=1S/C10H24N2O/c1-5-9(2)6-10(12-4)7-13-8-11-3/h9-12H,5-8H2,1-4H3. The second-order valence-corrected chi connectivity index (χ2v) is 3.60. The van der Waals surface area contributed by atoms with Gasteiger partial charge in [-0.2, -0.15) is 0 Å². The molecule has 0 aliphatic carbocycles. The highest BCUT2D eigenvalue weighted by molar-refractivity contribution is 4.66. The van der Waals surface area contributed by atoms with Crippen LogP contribution < -0.4 is 10.6 Å². The molecule has 2 N–H and O–H groups in total. The molecule has 0 heterocycles. The fourth-order valence-electron chi connectivity index (χ4n) is 1.22. The van der Waals surface area contributed by atoms with Crippen molar-refractivity contribution >= 4 is 0 Å². The average Bonchev–Trinajstić information content (AvgIpc) is 2.16. The predicted octanol–water partition coefficient (Wildman–Crippen LogP) is 1.20. The summed E-state index contributed by atoms with van der Waals surface area (Å²) in [6.45, 7) is 5.94. The highest BCUT2D eigenvalue weighted by Crippen LogP contribution is 2.09. The molecule has 0 amide bonds. The van der Waals surface area contributed by atoms with Crippen molar-refractivity contribution in [3.05, 3.63) is 0 Å². The fourth-order valence-corrected chi connectivity index (χ4v) is 1.22. The first-order chi connectivity index (χ1) is 6.24. The normalized spacial score (nSPS) is 15.7. The quantitative estimate of drug-likeness (QED) is 0.443. The van der Waals surface area contributed by atoms with E-state index in [9.17, 15) is 0 Å². The third kappa shape index (κ3) is 6.99. The van der Waals surface area contributed by atoms with Gasteiger partial charge in [0.05, 0.1) is 13.3 Å². The molecule has 0 spiro atoms. The molecule has 3 nitrogen and oxygen atoms in total. The topological polar surface area (TPSA) is 33.3 Å². The molecule has 13 heavy (non-hydrogen) atoms. The first kappa shape index (κ1) is 12.9. The Hall–Kier alpha value is -0.120. The Balaban J connectivity index is 3.50. The molecule has 0 radical (unpaired) electrons. The first-order valence-electron chi connectivity index (χ1n) is 5.14. The van der Waals surface area contributed by atoms with Crippen molar-refractivity contribution < 1.29 is 4.74 Å². The lowest BCUT2D eigenvalue weighted by Crippen LogP contribution is -2.33. The molecule has 2 unspecified atom stereocenters. The summed E-state index contributed by atoms with van der Waals surface area (Å²) in [7, 11) is 3.89. The highest BCUT2D eigenvalue weighted by atomic mass is 16.5. The Labute approximate surface area is 82.2 Å². The number of nitrogens with one attached hydrogen (secondary N) is 2. The van der Waals surface area contributed by atoms with Gasteiger partial charge < -0.3 is 10.1 Å². The van der Waals surface area contributed by atoms with Gasteiger partial charge >= 0.3 is 0 Å². The second-order valence-electron chi connectivity index (χ2n) is 3.60. The summed E-state index contributed by atoms with van der Waals surface area (Å²) >= 11 is 0. The van der Waals surface area contributed by atoms with Gasteiger partial charge in [0.1, 0.15) is 0 Å². The van der Waals surface area contributed by atoms with Crippen molar-refractivity contribution in [3.8, 4) is 0 Å². The molecule has 0 aromatic heterocycles. The van der Waals surface area contributed by atoms with Gasteiger partial charge in [0.2, 0.25) is 0 Å². The van der Waals surface area contributed by atoms with E-state index in [1.54, 1.807) is 0 Å². The number of hydrogen-bond donors (Lipinski definition) is 2. The van der Waals surface area contributed by atoms with Crippen LogP contribution in [0.25, 0.3) is 0 Å². The van der Waals surface area contributed by atoms with Crippen LogP contribution in [0.5, 0.6) is 0 Å². The maximum absolute atomic E-state index is 5.41. The number of likely N-dealkylation sites (N-methyl/N-ethyl adjacent to an activating group) is 1. The van der Waals surface area contributed by atoms with E-state index in [0.717, 1.165) is 12.5 Å². The summed E-state index contributed by atoms with van der Waals surface area (Å²) in [5.41, 5.74) is 0. The van der Waals surface area contributed by atoms with Crippen LogP contribution in [-0.2, 0) is 4.74 Å². The van der Waals surface area contributed by atoms with Crippen molar-refractivity contribution in [2.45, 2.75) is 32.7 Å². The second kappa shape index (κ2) is 8.48. The molecule has 0 aliphatic heterocycles. The fraction of sp³-hybridized carbons (Fsp3) is 1.00. The van der Waals surface area contributed by atoms with Gasteiger partial charge in [-0.3, -0.25) is 5.32 Å². The molecule has 0 bridgehead atoms. The Bertz CT molecular complexity index is 109. The molecule has 0 aliphatic rings. The molecular weight excluding hydrogens is 164 g/mol. The maximum Gasteiger partial charge on any atom is 0.0963 e. The van der Waals surface area contributed by atoms with Crippen molar-refractivity contribution in [1.29, 1.82) is 0 Å². The van der Waals surface area contributed by atoms with E-state index in [1.807, 2.05) is 14.1 Å². The molecule has 3 heteroatoms. The summed E-state index contributed by atoms with van der Waals surface area (Å²) in [6.07, 6.45) is 2.43. The summed E-state index contributed by atoms with van der Waals surface area (Å²) in [6, 6.07) is 0.489. The van der Waals surface area contributed by atoms with Crippen LogP contribution in [0.15, 0.2) is 0 Å². The predicted molar refractivity (Wildman–Crippen MR) is 56.8 cm³/mol. The van der Waals surface area contributed by atoms with Crippen LogP contribution in [-0.4, -0.2) is 33.5 Å². The third-order valence-electron chi connectivity index (χ3n) is 2.36. The van der Waals surface area contributed by atoms with E-state index in [0.29, 0.717) is 12.8 Å². The van der Waals surface area contributed by atoms with Gasteiger partial charge in [0.25, 0.3) is 0 Å².